The van der Waals surface area contributed by atoms with E-state index in [9.17, 15) is 4.79 Å². The van der Waals surface area contributed by atoms with Gasteiger partial charge in [-0.3, -0.25) is 15.2 Å². The predicted octanol–water partition coefficient (Wildman–Crippen LogP) is 2.37. The van der Waals surface area contributed by atoms with Gasteiger partial charge in [-0.15, -0.1) is 16.4 Å². The number of benzene rings is 1. The Labute approximate surface area is 118 Å². The number of carbonyl (C=O) groups is 1. The highest BCUT2D eigenvalue weighted by molar-refractivity contribution is 7.19. The molecule has 20 heavy (non-hydrogen) atoms. The molecule has 6 nitrogen and oxygen atoms in total. The summed E-state index contributed by atoms with van der Waals surface area (Å²) in [4.78, 5) is 20.1. The smallest absolute Gasteiger partial charge is 0.250 e. The third-order valence-electron chi connectivity index (χ3n) is 2.52. The number of carbonyl (C=O) groups excluding carboxylic acids is 1. The number of thiazole rings is 1. The zero-order chi connectivity index (χ0) is 13.9. The highest BCUT2D eigenvalue weighted by Crippen LogP contribution is 2.22. The summed E-state index contributed by atoms with van der Waals surface area (Å²) in [6.45, 7) is 1.76. The maximum Gasteiger partial charge on any atom is 0.250 e. The van der Waals surface area contributed by atoms with Crippen LogP contribution in [0.2, 0.25) is 0 Å². The number of aromatic amines is 1. The van der Waals surface area contributed by atoms with Gasteiger partial charge in [0.1, 0.15) is 10.8 Å². The largest absolute Gasteiger partial charge is 0.290 e. The molecule has 3 rings (SSSR count). The number of amides is 1. The van der Waals surface area contributed by atoms with E-state index in [0.29, 0.717) is 5.82 Å². The van der Waals surface area contributed by atoms with Crippen molar-refractivity contribution in [2.75, 3.05) is 5.32 Å². The third kappa shape index (κ3) is 2.72. The maximum absolute atomic E-state index is 11.7. The van der Waals surface area contributed by atoms with Crippen molar-refractivity contribution in [3.63, 3.8) is 0 Å². The van der Waals surface area contributed by atoms with Crippen LogP contribution in [0.1, 0.15) is 10.8 Å². The van der Waals surface area contributed by atoms with E-state index < -0.39 is 0 Å². The predicted molar refractivity (Wildman–Crippen MR) is 78.4 cm³/mol. The van der Waals surface area contributed by atoms with Gasteiger partial charge in [0.25, 0.3) is 5.91 Å². The topological polar surface area (TPSA) is 83.6 Å². The molecular weight excluding hydrogens is 274 g/mol. The summed E-state index contributed by atoms with van der Waals surface area (Å²) in [5, 5.41) is 9.83. The van der Waals surface area contributed by atoms with E-state index in [2.05, 4.69) is 25.5 Å². The Morgan fingerprint density at radius 1 is 1.35 bits per heavy atom. The van der Waals surface area contributed by atoms with Crippen LogP contribution < -0.4 is 5.32 Å². The molecule has 0 unspecified atom stereocenters. The molecule has 1 aromatic carbocycles. The van der Waals surface area contributed by atoms with Gasteiger partial charge >= 0.3 is 0 Å². The third-order valence-corrected chi connectivity index (χ3v) is 3.52. The van der Waals surface area contributed by atoms with E-state index in [-0.39, 0.29) is 11.9 Å². The van der Waals surface area contributed by atoms with Crippen molar-refractivity contribution in [2.45, 2.75) is 6.92 Å². The summed E-state index contributed by atoms with van der Waals surface area (Å²) in [6, 6.07) is 7.85. The van der Waals surface area contributed by atoms with Gasteiger partial charge in [0.15, 0.2) is 0 Å². The van der Waals surface area contributed by atoms with Crippen molar-refractivity contribution in [1.29, 1.82) is 0 Å². The molecule has 0 atom stereocenters. The lowest BCUT2D eigenvalue weighted by Gasteiger charge is -1.92. The van der Waals surface area contributed by atoms with E-state index in [4.69, 9.17) is 0 Å². The van der Waals surface area contributed by atoms with Crippen molar-refractivity contribution >= 4 is 39.5 Å². The summed E-state index contributed by atoms with van der Waals surface area (Å²) in [6.07, 6.45) is 3.10. The molecule has 0 aliphatic carbocycles. The van der Waals surface area contributed by atoms with Crippen LogP contribution in [-0.2, 0) is 4.79 Å². The molecule has 0 saturated heterocycles. The molecule has 0 bridgehead atoms. The van der Waals surface area contributed by atoms with Crippen LogP contribution in [0.4, 0.5) is 5.95 Å². The van der Waals surface area contributed by atoms with Crippen LogP contribution >= 0.6 is 11.3 Å². The summed E-state index contributed by atoms with van der Waals surface area (Å²) in [5.41, 5.74) is 0.933. The molecule has 0 spiro atoms. The minimum Gasteiger partial charge on any atom is -0.290 e. The average molecular weight is 285 g/mol. The molecule has 0 saturated carbocycles. The van der Waals surface area contributed by atoms with Crippen LogP contribution in [0, 0.1) is 6.92 Å². The Bertz CT molecular complexity index is 756. The van der Waals surface area contributed by atoms with Gasteiger partial charge in [-0.2, -0.15) is 4.98 Å². The zero-order valence-electron chi connectivity index (χ0n) is 10.6. The normalized spacial score (nSPS) is 11.2. The molecule has 100 valence electrons. The first-order valence-corrected chi connectivity index (χ1v) is 6.76. The molecule has 1 amide bonds. The van der Waals surface area contributed by atoms with Gasteiger partial charge in [0, 0.05) is 6.08 Å². The maximum atomic E-state index is 11.7. The lowest BCUT2D eigenvalue weighted by molar-refractivity contribution is -0.111. The average Bonchev–Trinajstić information content (AvgIpc) is 3.02. The summed E-state index contributed by atoms with van der Waals surface area (Å²) < 4.78 is 1.09. The standard InChI is InChI=1S/C13H11N5OS/c1-8-14-13(18-17-8)16-11(19)6-7-12-15-9-4-2-3-5-10(9)20-12/h2-7H,1H3,(H2,14,16,17,18,19)/b7-6-. The fourth-order valence-corrected chi connectivity index (χ4v) is 2.53. The molecule has 2 N–H and O–H groups in total. The number of rotatable bonds is 3. The van der Waals surface area contributed by atoms with Crippen LogP contribution in [-0.4, -0.2) is 26.1 Å². The first kappa shape index (κ1) is 12.5. The molecular formula is C13H11N5OS. The highest BCUT2D eigenvalue weighted by atomic mass is 32.1. The van der Waals surface area contributed by atoms with Gasteiger partial charge < -0.3 is 0 Å². The fourth-order valence-electron chi connectivity index (χ4n) is 1.66. The lowest BCUT2D eigenvalue weighted by atomic mass is 10.3. The number of H-pyrrole nitrogens is 1. The van der Waals surface area contributed by atoms with Gasteiger partial charge in [-0.1, -0.05) is 12.1 Å². The Kier molecular flexibility index (Phi) is 3.26. The fraction of sp³-hybridized carbons (Fsp3) is 0.0769. The van der Waals surface area contributed by atoms with Crippen LogP contribution in [0.3, 0.4) is 0 Å². The van der Waals surface area contributed by atoms with E-state index in [1.54, 1.807) is 13.0 Å². The molecule has 0 aliphatic heterocycles. The zero-order valence-corrected chi connectivity index (χ0v) is 11.4. The Hall–Kier alpha value is -2.54. The second-order valence-electron chi connectivity index (χ2n) is 4.09. The second kappa shape index (κ2) is 5.22. The monoisotopic (exact) mass is 285 g/mol. The lowest BCUT2D eigenvalue weighted by Crippen LogP contribution is -2.09. The highest BCUT2D eigenvalue weighted by Gasteiger charge is 2.04. The molecule has 2 heterocycles. The van der Waals surface area contributed by atoms with Gasteiger partial charge in [-0.05, 0) is 25.1 Å². The van der Waals surface area contributed by atoms with Crippen LogP contribution in [0.15, 0.2) is 30.3 Å². The SMILES string of the molecule is Cc1nc(NC(=O)/C=C\c2nc3ccccc3s2)n[nH]1. The van der Waals surface area contributed by atoms with Gasteiger partial charge in [-0.25, -0.2) is 4.98 Å². The number of hydrogen-bond acceptors (Lipinski definition) is 5. The Morgan fingerprint density at radius 3 is 2.95 bits per heavy atom. The van der Waals surface area contributed by atoms with E-state index in [0.717, 1.165) is 15.2 Å². The number of aryl methyl sites for hydroxylation is 1. The Balaban J connectivity index is 1.71. The van der Waals surface area contributed by atoms with Gasteiger partial charge in [0.2, 0.25) is 5.95 Å². The molecule has 7 heteroatoms. The number of para-hydroxylation sites is 1. The number of nitrogens with zero attached hydrogens (tertiary/aromatic N) is 3. The molecule has 3 aromatic rings. The number of aromatic nitrogens is 4. The minimum atomic E-state index is -0.289. The van der Waals surface area contributed by atoms with E-state index in [1.807, 2.05) is 24.3 Å². The molecule has 2 aromatic heterocycles. The van der Waals surface area contributed by atoms with Crippen molar-refractivity contribution in [3.8, 4) is 0 Å². The first-order chi connectivity index (χ1) is 9.70. The minimum absolute atomic E-state index is 0.265. The van der Waals surface area contributed by atoms with Crippen molar-refractivity contribution < 1.29 is 4.79 Å². The summed E-state index contributed by atoms with van der Waals surface area (Å²) in [7, 11) is 0. The first-order valence-electron chi connectivity index (χ1n) is 5.94. The molecule has 0 radical (unpaired) electrons. The van der Waals surface area contributed by atoms with Crippen LogP contribution in [0.5, 0.6) is 0 Å². The van der Waals surface area contributed by atoms with Crippen LogP contribution in [0.25, 0.3) is 16.3 Å². The Morgan fingerprint density at radius 2 is 2.20 bits per heavy atom. The number of hydrogen-bond donors (Lipinski definition) is 2. The number of anilines is 1. The summed E-state index contributed by atoms with van der Waals surface area (Å²) >= 11 is 1.53. The van der Waals surface area contributed by atoms with Crippen molar-refractivity contribution in [1.82, 2.24) is 20.2 Å². The van der Waals surface area contributed by atoms with Crippen molar-refractivity contribution in [2.24, 2.45) is 0 Å². The quantitative estimate of drug-likeness (QED) is 0.724. The van der Waals surface area contributed by atoms with E-state index >= 15 is 0 Å². The van der Waals surface area contributed by atoms with Gasteiger partial charge in [0.05, 0.1) is 10.2 Å². The number of nitrogens with one attached hydrogen (secondary N) is 2. The molecule has 0 aliphatic rings. The summed E-state index contributed by atoms with van der Waals surface area (Å²) in [5.74, 6) is 0.625. The second-order valence-corrected chi connectivity index (χ2v) is 5.15. The van der Waals surface area contributed by atoms with Crippen molar-refractivity contribution in [3.05, 3.63) is 41.2 Å². The van der Waals surface area contributed by atoms with E-state index in [1.165, 1.54) is 17.4 Å². The molecule has 0 fully saturated rings. The number of fused-ring (bicyclic) bond motifs is 1.